The molecule has 0 unspecified atom stereocenters. The zero-order chi connectivity index (χ0) is 21.1. The molecule has 2 heterocycles. The minimum absolute atomic E-state index is 0.143. The van der Waals surface area contributed by atoms with Crippen LogP contribution in [0.15, 0.2) is 65.1 Å². The van der Waals surface area contributed by atoms with Crippen LogP contribution in [0.5, 0.6) is 0 Å². The summed E-state index contributed by atoms with van der Waals surface area (Å²) in [5.74, 6) is 1.70. The molecule has 0 aliphatic rings. The summed E-state index contributed by atoms with van der Waals surface area (Å²) >= 11 is 3.38. The Labute approximate surface area is 186 Å². The van der Waals surface area contributed by atoms with Gasteiger partial charge in [-0.05, 0) is 17.9 Å². The van der Waals surface area contributed by atoms with Crippen molar-refractivity contribution >= 4 is 23.1 Å². The third-order valence-corrected chi connectivity index (χ3v) is 6.90. The van der Waals surface area contributed by atoms with Gasteiger partial charge in [-0.25, -0.2) is 4.98 Å². The van der Waals surface area contributed by atoms with Gasteiger partial charge < -0.3 is 4.57 Å². The van der Waals surface area contributed by atoms with Gasteiger partial charge in [0, 0.05) is 28.8 Å². The molecular weight excluding hydrogens is 408 g/mol. The lowest BCUT2D eigenvalue weighted by Crippen LogP contribution is -2.10. The first kappa shape index (κ1) is 20.8. The van der Waals surface area contributed by atoms with Crippen LogP contribution < -0.4 is 0 Å². The predicted molar refractivity (Wildman–Crippen MR) is 127 cm³/mol. The quantitative estimate of drug-likeness (QED) is 0.318. The van der Waals surface area contributed by atoms with Crippen molar-refractivity contribution < 1.29 is 0 Å². The van der Waals surface area contributed by atoms with Crippen LogP contribution in [0.3, 0.4) is 0 Å². The third kappa shape index (κ3) is 4.50. The maximum atomic E-state index is 4.79. The predicted octanol–water partition coefficient (Wildman–Crippen LogP) is 6.68. The number of thiazole rings is 1. The Morgan fingerprint density at radius 3 is 2.33 bits per heavy atom. The minimum atomic E-state index is 0.143. The number of nitrogens with zero attached hydrogens (tertiary/aromatic N) is 4. The van der Waals surface area contributed by atoms with Crippen molar-refractivity contribution in [3.8, 4) is 22.0 Å². The van der Waals surface area contributed by atoms with Gasteiger partial charge in [0.05, 0.1) is 5.69 Å². The normalized spacial score (nSPS) is 11.7. The van der Waals surface area contributed by atoms with E-state index in [-0.39, 0.29) is 5.41 Å². The third-order valence-electron chi connectivity index (χ3n) is 4.96. The van der Waals surface area contributed by atoms with Gasteiger partial charge in [0.15, 0.2) is 11.0 Å². The molecule has 0 spiro atoms. The standard InChI is InChI=1S/C24H26N4S2/c1-5-28-21(17-11-13-19(14-12-17)24(2,3)4)26-27-23(28)30-16-20-15-29-22(25-20)18-9-7-6-8-10-18/h6-15H,5,16H2,1-4H3. The van der Waals surface area contributed by atoms with Gasteiger partial charge in [-0.3, -0.25) is 0 Å². The van der Waals surface area contributed by atoms with E-state index in [1.165, 1.54) is 5.56 Å². The smallest absolute Gasteiger partial charge is 0.191 e. The molecule has 0 fully saturated rings. The summed E-state index contributed by atoms with van der Waals surface area (Å²) in [6, 6.07) is 19.0. The Kier molecular flexibility index (Phi) is 6.06. The van der Waals surface area contributed by atoms with E-state index < -0.39 is 0 Å². The van der Waals surface area contributed by atoms with Crippen molar-refractivity contribution in [3.05, 3.63) is 71.2 Å². The van der Waals surface area contributed by atoms with Gasteiger partial charge >= 0.3 is 0 Å². The largest absolute Gasteiger partial charge is 0.302 e. The fourth-order valence-corrected chi connectivity index (χ4v) is 5.06. The number of hydrogen-bond acceptors (Lipinski definition) is 5. The summed E-state index contributed by atoms with van der Waals surface area (Å²) in [5.41, 5.74) is 4.80. The molecule has 0 bridgehead atoms. The lowest BCUT2D eigenvalue weighted by Gasteiger charge is -2.19. The van der Waals surface area contributed by atoms with E-state index in [0.29, 0.717) is 0 Å². The van der Waals surface area contributed by atoms with Crippen molar-refractivity contribution in [2.45, 2.75) is 50.6 Å². The molecular formula is C24H26N4S2. The van der Waals surface area contributed by atoms with E-state index in [1.54, 1.807) is 23.1 Å². The zero-order valence-corrected chi connectivity index (χ0v) is 19.4. The second-order valence-corrected chi connectivity index (χ2v) is 9.98. The first-order chi connectivity index (χ1) is 14.5. The summed E-state index contributed by atoms with van der Waals surface area (Å²) in [4.78, 5) is 4.79. The molecule has 0 aliphatic heterocycles. The molecule has 30 heavy (non-hydrogen) atoms. The summed E-state index contributed by atoms with van der Waals surface area (Å²) in [6.07, 6.45) is 0. The Morgan fingerprint density at radius 1 is 0.933 bits per heavy atom. The van der Waals surface area contributed by atoms with Crippen LogP contribution in [0.1, 0.15) is 39.0 Å². The Balaban J connectivity index is 1.50. The summed E-state index contributed by atoms with van der Waals surface area (Å²) < 4.78 is 2.18. The molecule has 0 aliphatic carbocycles. The number of hydrogen-bond donors (Lipinski definition) is 0. The average molecular weight is 435 g/mol. The lowest BCUT2D eigenvalue weighted by molar-refractivity contribution is 0.590. The fourth-order valence-electron chi connectivity index (χ4n) is 3.24. The minimum Gasteiger partial charge on any atom is -0.302 e. The van der Waals surface area contributed by atoms with Crippen molar-refractivity contribution in [1.29, 1.82) is 0 Å². The highest BCUT2D eigenvalue weighted by atomic mass is 32.2. The van der Waals surface area contributed by atoms with Crippen LogP contribution >= 0.6 is 23.1 Å². The van der Waals surface area contributed by atoms with Crippen LogP contribution in [0, 0.1) is 0 Å². The van der Waals surface area contributed by atoms with Crippen molar-refractivity contribution in [2.75, 3.05) is 0 Å². The molecule has 0 atom stereocenters. The summed E-state index contributed by atoms with van der Waals surface area (Å²) in [5, 5.41) is 13.1. The SMILES string of the molecule is CCn1c(SCc2csc(-c3ccccc3)n2)nnc1-c1ccc(C(C)(C)C)cc1. The summed E-state index contributed by atoms with van der Waals surface area (Å²) in [7, 11) is 0. The van der Waals surface area contributed by atoms with Gasteiger partial charge in [-0.15, -0.1) is 21.5 Å². The lowest BCUT2D eigenvalue weighted by atomic mass is 9.87. The highest BCUT2D eigenvalue weighted by Gasteiger charge is 2.17. The van der Waals surface area contributed by atoms with Crippen LogP contribution in [0.2, 0.25) is 0 Å². The Bertz CT molecular complexity index is 1110. The molecule has 0 radical (unpaired) electrons. The molecule has 0 saturated heterocycles. The number of aromatic nitrogens is 4. The second-order valence-electron chi connectivity index (χ2n) is 8.18. The Morgan fingerprint density at radius 2 is 1.67 bits per heavy atom. The maximum Gasteiger partial charge on any atom is 0.191 e. The van der Waals surface area contributed by atoms with E-state index >= 15 is 0 Å². The van der Waals surface area contributed by atoms with Gasteiger partial charge in [0.2, 0.25) is 0 Å². The van der Waals surface area contributed by atoms with Crippen LogP contribution in [-0.2, 0) is 17.7 Å². The van der Waals surface area contributed by atoms with Crippen molar-refractivity contribution in [1.82, 2.24) is 19.7 Å². The van der Waals surface area contributed by atoms with Gasteiger partial charge in [0.25, 0.3) is 0 Å². The molecule has 0 N–H and O–H groups in total. The molecule has 154 valence electrons. The monoisotopic (exact) mass is 434 g/mol. The maximum absolute atomic E-state index is 4.79. The molecule has 4 rings (SSSR count). The van der Waals surface area contributed by atoms with Gasteiger partial charge in [0.1, 0.15) is 5.01 Å². The van der Waals surface area contributed by atoms with Crippen molar-refractivity contribution in [2.24, 2.45) is 0 Å². The molecule has 4 nitrogen and oxygen atoms in total. The van der Waals surface area contributed by atoms with E-state index in [4.69, 9.17) is 4.98 Å². The molecule has 4 aromatic rings. The highest BCUT2D eigenvalue weighted by Crippen LogP contribution is 2.30. The van der Waals surface area contributed by atoms with E-state index in [2.05, 4.69) is 84.2 Å². The molecule has 6 heteroatoms. The topological polar surface area (TPSA) is 43.6 Å². The van der Waals surface area contributed by atoms with Gasteiger partial charge in [-0.2, -0.15) is 0 Å². The van der Waals surface area contributed by atoms with Crippen LogP contribution in [0.25, 0.3) is 22.0 Å². The highest BCUT2D eigenvalue weighted by molar-refractivity contribution is 7.98. The second kappa shape index (κ2) is 8.74. The number of benzene rings is 2. The average Bonchev–Trinajstić information content (AvgIpc) is 3.39. The van der Waals surface area contributed by atoms with E-state index in [9.17, 15) is 0 Å². The first-order valence-corrected chi connectivity index (χ1v) is 12.0. The number of rotatable bonds is 6. The first-order valence-electron chi connectivity index (χ1n) is 10.1. The zero-order valence-electron chi connectivity index (χ0n) is 17.8. The molecule has 0 amide bonds. The van der Waals surface area contributed by atoms with Crippen LogP contribution in [-0.4, -0.2) is 19.7 Å². The summed E-state index contributed by atoms with van der Waals surface area (Å²) in [6.45, 7) is 9.65. The van der Waals surface area contributed by atoms with E-state index in [0.717, 1.165) is 45.1 Å². The van der Waals surface area contributed by atoms with E-state index in [1.807, 2.05) is 18.2 Å². The van der Waals surface area contributed by atoms with Crippen LogP contribution in [0.4, 0.5) is 0 Å². The fraction of sp³-hybridized carbons (Fsp3) is 0.292. The molecule has 2 aromatic heterocycles. The van der Waals surface area contributed by atoms with Gasteiger partial charge in [-0.1, -0.05) is 87.1 Å². The molecule has 2 aromatic carbocycles. The Hall–Kier alpha value is -2.44. The number of thioether (sulfide) groups is 1. The molecule has 0 saturated carbocycles. The van der Waals surface area contributed by atoms with Crippen molar-refractivity contribution in [3.63, 3.8) is 0 Å².